The van der Waals surface area contributed by atoms with Gasteiger partial charge in [0.05, 0.1) is 5.75 Å². The van der Waals surface area contributed by atoms with Gasteiger partial charge in [-0.15, -0.1) is 10.2 Å². The van der Waals surface area contributed by atoms with Crippen molar-refractivity contribution in [3.05, 3.63) is 29.8 Å². The summed E-state index contributed by atoms with van der Waals surface area (Å²) in [5, 5.41) is 12.2. The highest BCUT2D eigenvalue weighted by atomic mass is 32.2. The summed E-state index contributed by atoms with van der Waals surface area (Å²) >= 11 is 2.90. The third-order valence-corrected chi connectivity index (χ3v) is 5.26. The van der Waals surface area contributed by atoms with Gasteiger partial charge in [0.2, 0.25) is 11.0 Å². The molecule has 124 valence electrons. The molecule has 0 saturated heterocycles. The lowest BCUT2D eigenvalue weighted by atomic mass is 10.2. The standard InChI is InChI=1S/C16H22N4OS2/c1-4-5-10-20(3)14(21)11-22-16-19-18-15(23-16)17-13-8-6-12(2)7-9-13/h6-9H,4-5,10-11H2,1-3H3,(H,17,18). The van der Waals surface area contributed by atoms with E-state index >= 15 is 0 Å². The summed E-state index contributed by atoms with van der Waals surface area (Å²) in [5.41, 5.74) is 2.20. The van der Waals surface area contributed by atoms with Crippen molar-refractivity contribution in [2.75, 3.05) is 24.7 Å². The Labute approximate surface area is 145 Å². The molecule has 23 heavy (non-hydrogen) atoms. The molecule has 1 amide bonds. The number of thioether (sulfide) groups is 1. The molecule has 1 heterocycles. The smallest absolute Gasteiger partial charge is 0.232 e. The minimum atomic E-state index is 0.131. The maximum Gasteiger partial charge on any atom is 0.232 e. The van der Waals surface area contributed by atoms with Gasteiger partial charge in [-0.1, -0.05) is 54.1 Å². The van der Waals surface area contributed by atoms with Gasteiger partial charge in [-0.2, -0.15) is 0 Å². The SMILES string of the molecule is CCCCN(C)C(=O)CSc1nnc(Nc2ccc(C)cc2)s1. The number of nitrogens with one attached hydrogen (secondary N) is 1. The summed E-state index contributed by atoms with van der Waals surface area (Å²) in [6.45, 7) is 4.99. The van der Waals surface area contributed by atoms with Crippen LogP contribution in [0, 0.1) is 6.92 Å². The van der Waals surface area contributed by atoms with Crippen molar-refractivity contribution in [3.8, 4) is 0 Å². The predicted molar refractivity (Wildman–Crippen MR) is 97.6 cm³/mol. The molecule has 1 aromatic carbocycles. The van der Waals surface area contributed by atoms with Crippen molar-refractivity contribution in [3.63, 3.8) is 0 Å². The van der Waals surface area contributed by atoms with Crippen molar-refractivity contribution in [1.29, 1.82) is 0 Å². The van der Waals surface area contributed by atoms with E-state index in [-0.39, 0.29) is 5.91 Å². The zero-order valence-electron chi connectivity index (χ0n) is 13.7. The van der Waals surface area contributed by atoms with E-state index in [1.54, 1.807) is 4.90 Å². The first-order valence-electron chi connectivity index (χ1n) is 7.62. The Morgan fingerprint density at radius 1 is 1.30 bits per heavy atom. The highest BCUT2D eigenvalue weighted by Gasteiger charge is 2.11. The number of hydrogen-bond donors (Lipinski definition) is 1. The fraction of sp³-hybridized carbons (Fsp3) is 0.438. The Kier molecular flexibility index (Phi) is 6.85. The van der Waals surface area contributed by atoms with Gasteiger partial charge in [-0.05, 0) is 25.5 Å². The predicted octanol–water partition coefficient (Wildman–Crippen LogP) is 3.94. The van der Waals surface area contributed by atoms with E-state index in [9.17, 15) is 4.79 Å². The van der Waals surface area contributed by atoms with Gasteiger partial charge in [0.15, 0.2) is 4.34 Å². The number of anilines is 2. The van der Waals surface area contributed by atoms with Gasteiger partial charge in [0.1, 0.15) is 0 Å². The van der Waals surface area contributed by atoms with E-state index in [4.69, 9.17) is 0 Å². The molecule has 0 radical (unpaired) electrons. The number of carbonyl (C=O) groups is 1. The number of rotatable bonds is 8. The van der Waals surface area contributed by atoms with Crippen LogP contribution in [0.15, 0.2) is 28.6 Å². The van der Waals surface area contributed by atoms with Gasteiger partial charge in [-0.3, -0.25) is 4.79 Å². The summed E-state index contributed by atoms with van der Waals surface area (Å²) in [4.78, 5) is 13.8. The second-order valence-electron chi connectivity index (χ2n) is 5.32. The molecule has 7 heteroatoms. The molecule has 1 N–H and O–H groups in total. The maximum atomic E-state index is 12.0. The van der Waals surface area contributed by atoms with Crippen LogP contribution in [0.25, 0.3) is 0 Å². The van der Waals surface area contributed by atoms with Gasteiger partial charge in [-0.25, -0.2) is 0 Å². The van der Waals surface area contributed by atoms with Crippen molar-refractivity contribution in [1.82, 2.24) is 15.1 Å². The van der Waals surface area contributed by atoms with E-state index in [1.165, 1.54) is 28.7 Å². The van der Waals surface area contributed by atoms with E-state index in [2.05, 4.69) is 29.4 Å². The highest BCUT2D eigenvalue weighted by Crippen LogP contribution is 2.27. The first-order valence-corrected chi connectivity index (χ1v) is 9.42. The van der Waals surface area contributed by atoms with E-state index in [0.29, 0.717) is 5.75 Å². The van der Waals surface area contributed by atoms with Crippen LogP contribution in [-0.2, 0) is 4.79 Å². The van der Waals surface area contributed by atoms with E-state index in [0.717, 1.165) is 34.5 Å². The lowest BCUT2D eigenvalue weighted by Gasteiger charge is -2.15. The summed E-state index contributed by atoms with van der Waals surface area (Å²) in [6, 6.07) is 8.11. The third-order valence-electron chi connectivity index (χ3n) is 3.30. The second kappa shape index (κ2) is 8.88. The molecule has 0 bridgehead atoms. The number of aryl methyl sites for hydroxylation is 1. The van der Waals surface area contributed by atoms with Gasteiger partial charge >= 0.3 is 0 Å². The molecule has 5 nitrogen and oxygen atoms in total. The minimum Gasteiger partial charge on any atom is -0.345 e. The van der Waals surface area contributed by atoms with Crippen molar-refractivity contribution < 1.29 is 4.79 Å². The number of hydrogen-bond acceptors (Lipinski definition) is 6. The summed E-state index contributed by atoms with van der Waals surface area (Å²) in [7, 11) is 1.85. The molecule has 1 aromatic heterocycles. The molecule has 0 unspecified atom stereocenters. The Morgan fingerprint density at radius 3 is 2.74 bits per heavy atom. The van der Waals surface area contributed by atoms with E-state index in [1.807, 2.05) is 31.3 Å². The van der Waals surface area contributed by atoms with Crippen LogP contribution < -0.4 is 5.32 Å². The normalized spacial score (nSPS) is 10.6. The highest BCUT2D eigenvalue weighted by molar-refractivity contribution is 8.01. The van der Waals surface area contributed by atoms with Crippen LogP contribution in [-0.4, -0.2) is 40.3 Å². The van der Waals surface area contributed by atoms with Crippen LogP contribution in [0.2, 0.25) is 0 Å². The molecule has 0 saturated carbocycles. The maximum absolute atomic E-state index is 12.0. The van der Waals surface area contributed by atoms with Gasteiger partial charge in [0, 0.05) is 19.3 Å². The van der Waals surface area contributed by atoms with Crippen molar-refractivity contribution in [2.45, 2.75) is 31.0 Å². The average Bonchev–Trinajstić information content (AvgIpc) is 3.00. The Hall–Kier alpha value is -1.60. The van der Waals surface area contributed by atoms with Gasteiger partial charge in [0.25, 0.3) is 0 Å². The summed E-state index contributed by atoms with van der Waals surface area (Å²) in [5.74, 6) is 0.533. The fourth-order valence-corrected chi connectivity index (χ4v) is 3.55. The molecular weight excluding hydrogens is 328 g/mol. The van der Waals surface area contributed by atoms with Crippen LogP contribution >= 0.6 is 23.1 Å². The van der Waals surface area contributed by atoms with Crippen molar-refractivity contribution in [2.24, 2.45) is 0 Å². The van der Waals surface area contributed by atoms with Crippen LogP contribution in [0.3, 0.4) is 0 Å². The molecule has 0 aliphatic rings. The van der Waals surface area contributed by atoms with Crippen LogP contribution in [0.1, 0.15) is 25.3 Å². The zero-order valence-corrected chi connectivity index (χ0v) is 15.3. The van der Waals surface area contributed by atoms with Crippen LogP contribution in [0.4, 0.5) is 10.8 Å². The molecular formula is C16H22N4OS2. The Morgan fingerprint density at radius 2 is 2.04 bits per heavy atom. The number of carbonyl (C=O) groups excluding carboxylic acids is 1. The van der Waals surface area contributed by atoms with Crippen LogP contribution in [0.5, 0.6) is 0 Å². The molecule has 0 atom stereocenters. The number of aromatic nitrogens is 2. The first-order chi connectivity index (χ1) is 11.1. The number of unbranched alkanes of at least 4 members (excludes halogenated alkanes) is 1. The average molecular weight is 351 g/mol. The Bertz CT molecular complexity index is 627. The lowest BCUT2D eigenvalue weighted by Crippen LogP contribution is -2.29. The monoisotopic (exact) mass is 350 g/mol. The fourth-order valence-electron chi connectivity index (χ4n) is 1.83. The van der Waals surface area contributed by atoms with E-state index < -0.39 is 0 Å². The largest absolute Gasteiger partial charge is 0.345 e. The van der Waals surface area contributed by atoms with Crippen molar-refractivity contribution >= 4 is 39.8 Å². The third kappa shape index (κ3) is 5.84. The molecule has 0 spiro atoms. The minimum absolute atomic E-state index is 0.131. The topological polar surface area (TPSA) is 58.1 Å². The van der Waals surface area contributed by atoms with Gasteiger partial charge < -0.3 is 10.2 Å². The Balaban J connectivity index is 1.82. The quantitative estimate of drug-likeness (QED) is 0.731. The number of nitrogens with zero attached hydrogens (tertiary/aromatic N) is 3. The summed E-state index contributed by atoms with van der Waals surface area (Å²) in [6.07, 6.45) is 2.13. The first kappa shape index (κ1) is 17.7. The lowest BCUT2D eigenvalue weighted by molar-refractivity contribution is -0.127. The molecule has 2 aromatic rings. The zero-order chi connectivity index (χ0) is 16.7. The summed E-state index contributed by atoms with van der Waals surface area (Å²) < 4.78 is 0.803. The molecule has 2 rings (SSSR count). The molecule has 0 aliphatic carbocycles. The second-order valence-corrected chi connectivity index (χ2v) is 7.52. The molecule has 0 fully saturated rings. The molecule has 0 aliphatic heterocycles. The number of benzene rings is 1. The number of amides is 1.